The molecule has 26 heavy (non-hydrogen) atoms. The third-order valence-corrected chi connectivity index (χ3v) is 6.59. The number of sulfonamides is 1. The Bertz CT molecular complexity index is 1050. The quantitative estimate of drug-likeness (QED) is 0.707. The highest BCUT2D eigenvalue weighted by Crippen LogP contribution is 2.44. The summed E-state index contributed by atoms with van der Waals surface area (Å²) in [7, 11) is -7.31. The van der Waals surface area contributed by atoms with Crippen LogP contribution in [0.25, 0.3) is 0 Å². The van der Waals surface area contributed by atoms with E-state index in [1.54, 1.807) is 0 Å². The fourth-order valence-electron chi connectivity index (χ4n) is 2.62. The second-order valence-electron chi connectivity index (χ2n) is 6.23. The molecule has 1 N–H and O–H groups in total. The number of nitrogens with zero attached hydrogens (tertiary/aromatic N) is 1. The molecule has 1 saturated carbocycles. The Balaban J connectivity index is 2.23. The van der Waals surface area contributed by atoms with Crippen LogP contribution in [0.4, 0.5) is 5.69 Å². The number of aromatic nitrogens is 1. The molecule has 3 rings (SSSR count). The Hall–Kier alpha value is -2.20. The van der Waals surface area contributed by atoms with Crippen molar-refractivity contribution in [1.29, 1.82) is 0 Å². The minimum atomic E-state index is -3.71. The van der Waals surface area contributed by atoms with Crippen molar-refractivity contribution in [2.75, 3.05) is 16.7 Å². The van der Waals surface area contributed by atoms with Crippen molar-refractivity contribution in [3.63, 3.8) is 0 Å². The van der Waals surface area contributed by atoms with Gasteiger partial charge in [0.05, 0.1) is 28.1 Å². The van der Waals surface area contributed by atoms with E-state index >= 15 is 0 Å². The van der Waals surface area contributed by atoms with Crippen molar-refractivity contribution in [2.24, 2.45) is 0 Å². The minimum Gasteiger partial charge on any atom is -0.364 e. The number of anilines is 1. The van der Waals surface area contributed by atoms with Crippen LogP contribution in [-0.4, -0.2) is 39.8 Å². The fraction of sp³-hybridized carbons (Fsp3) is 0.375. The highest BCUT2D eigenvalue weighted by atomic mass is 32.2. The van der Waals surface area contributed by atoms with Gasteiger partial charge in [0.2, 0.25) is 10.0 Å². The maximum absolute atomic E-state index is 12.8. The van der Waals surface area contributed by atoms with Crippen LogP contribution in [0, 0.1) is 0 Å². The fourth-order valence-corrected chi connectivity index (χ4v) is 4.25. The molecule has 0 aliphatic heterocycles. The van der Waals surface area contributed by atoms with E-state index in [1.807, 2.05) is 0 Å². The molecular weight excluding hydrogens is 380 g/mol. The maximum Gasteiger partial charge on any atom is 0.232 e. The van der Waals surface area contributed by atoms with Gasteiger partial charge in [-0.1, -0.05) is 5.16 Å². The van der Waals surface area contributed by atoms with Gasteiger partial charge < -0.3 is 4.52 Å². The van der Waals surface area contributed by atoms with Gasteiger partial charge in [-0.25, -0.2) is 16.8 Å². The second-order valence-corrected chi connectivity index (χ2v) is 10.2. The molecule has 0 spiro atoms. The normalized spacial score (nSPS) is 15.0. The van der Waals surface area contributed by atoms with E-state index in [4.69, 9.17) is 0 Å². The summed E-state index contributed by atoms with van der Waals surface area (Å²) in [6.45, 7) is 1.44. The monoisotopic (exact) mass is 398 g/mol. The summed E-state index contributed by atoms with van der Waals surface area (Å²) in [5.74, 6) is -0.667. The number of nitrogens with one attached hydrogen (secondary N) is 1. The van der Waals surface area contributed by atoms with Gasteiger partial charge in [0.15, 0.2) is 15.6 Å². The topological polar surface area (TPSA) is 123 Å². The van der Waals surface area contributed by atoms with Crippen LogP contribution >= 0.6 is 0 Å². The lowest BCUT2D eigenvalue weighted by Gasteiger charge is -2.16. The molecule has 10 heteroatoms. The van der Waals surface area contributed by atoms with Gasteiger partial charge in [0.25, 0.3) is 0 Å². The van der Waals surface area contributed by atoms with Crippen molar-refractivity contribution in [3.8, 4) is 0 Å². The Labute approximate surface area is 151 Å². The standard InChI is InChI=1S/C16H18N2O6S2/c1-3-26(22,23)18-14-7-15(25(2,20)21)12(10-4-5-10)6-13(14)16(19)11-8-17-24-9-11/h6-10,18H,3-5H2,1-2H3. The number of benzene rings is 1. The number of hydrogen-bond donors (Lipinski definition) is 1. The van der Waals surface area contributed by atoms with Crippen LogP contribution in [0.2, 0.25) is 0 Å². The lowest BCUT2D eigenvalue weighted by molar-refractivity contribution is 0.103. The first kappa shape index (κ1) is 18.6. The van der Waals surface area contributed by atoms with Gasteiger partial charge >= 0.3 is 0 Å². The zero-order chi connectivity index (χ0) is 19.1. The van der Waals surface area contributed by atoms with Gasteiger partial charge in [-0.2, -0.15) is 0 Å². The summed E-state index contributed by atoms with van der Waals surface area (Å²) in [6, 6.07) is 2.70. The summed E-state index contributed by atoms with van der Waals surface area (Å²) >= 11 is 0. The summed E-state index contributed by atoms with van der Waals surface area (Å²) in [6.07, 6.45) is 5.09. The smallest absolute Gasteiger partial charge is 0.232 e. The predicted octanol–water partition coefficient (Wildman–Crippen LogP) is 1.95. The number of ketones is 1. The zero-order valence-corrected chi connectivity index (χ0v) is 15.9. The molecular formula is C16H18N2O6S2. The summed E-state index contributed by atoms with van der Waals surface area (Å²) in [4.78, 5) is 12.8. The van der Waals surface area contributed by atoms with Crippen molar-refractivity contribution >= 4 is 31.3 Å². The Morgan fingerprint density at radius 3 is 2.46 bits per heavy atom. The molecule has 0 amide bonds. The van der Waals surface area contributed by atoms with Crippen LogP contribution in [0.3, 0.4) is 0 Å². The first-order chi connectivity index (χ1) is 12.1. The maximum atomic E-state index is 12.8. The molecule has 0 unspecified atom stereocenters. The molecule has 8 nitrogen and oxygen atoms in total. The van der Waals surface area contributed by atoms with Crippen LogP contribution < -0.4 is 4.72 Å². The highest BCUT2D eigenvalue weighted by molar-refractivity contribution is 7.92. The van der Waals surface area contributed by atoms with E-state index in [-0.39, 0.29) is 33.4 Å². The SMILES string of the molecule is CCS(=O)(=O)Nc1cc(S(C)(=O)=O)c(C2CC2)cc1C(=O)c1cnoc1. The number of rotatable bonds is 7. The number of carbonyl (C=O) groups excluding carboxylic acids is 1. The summed E-state index contributed by atoms with van der Waals surface area (Å²) in [5.41, 5.74) is 0.685. The molecule has 1 aromatic carbocycles. The molecule has 1 aromatic heterocycles. The molecule has 0 bridgehead atoms. The Morgan fingerprint density at radius 2 is 1.96 bits per heavy atom. The van der Waals surface area contributed by atoms with Crippen LogP contribution in [0.15, 0.2) is 34.0 Å². The Morgan fingerprint density at radius 1 is 1.27 bits per heavy atom. The third kappa shape index (κ3) is 3.80. The first-order valence-corrected chi connectivity index (χ1v) is 11.5. The van der Waals surface area contributed by atoms with Gasteiger partial charge in [-0.15, -0.1) is 0 Å². The molecule has 140 valence electrons. The minimum absolute atomic E-state index is 0.0377. The van der Waals surface area contributed by atoms with Crippen molar-refractivity contribution in [2.45, 2.75) is 30.6 Å². The summed E-state index contributed by atoms with van der Waals surface area (Å²) < 4.78 is 55.4. The van der Waals surface area contributed by atoms with Crippen LogP contribution in [0.1, 0.15) is 47.2 Å². The molecule has 1 aliphatic carbocycles. The van der Waals surface area contributed by atoms with Crippen LogP contribution in [0.5, 0.6) is 0 Å². The molecule has 2 aromatic rings. The first-order valence-electron chi connectivity index (χ1n) is 7.95. The van der Waals surface area contributed by atoms with Gasteiger partial charge in [-0.05, 0) is 43.4 Å². The van der Waals surface area contributed by atoms with E-state index in [9.17, 15) is 21.6 Å². The highest BCUT2D eigenvalue weighted by Gasteiger charge is 2.32. The zero-order valence-electron chi connectivity index (χ0n) is 14.2. The number of hydrogen-bond acceptors (Lipinski definition) is 7. The third-order valence-electron chi connectivity index (χ3n) is 4.15. The van der Waals surface area contributed by atoms with Crippen LogP contribution in [-0.2, 0) is 19.9 Å². The largest absolute Gasteiger partial charge is 0.364 e. The Kier molecular flexibility index (Phi) is 4.65. The van der Waals surface area contributed by atoms with Crippen molar-refractivity contribution in [1.82, 2.24) is 5.16 Å². The van der Waals surface area contributed by atoms with Gasteiger partial charge in [-0.3, -0.25) is 9.52 Å². The molecule has 1 aliphatic rings. The average Bonchev–Trinajstić information content (AvgIpc) is 3.26. The predicted molar refractivity (Wildman–Crippen MR) is 94.5 cm³/mol. The molecule has 0 atom stereocenters. The van der Waals surface area contributed by atoms with Gasteiger partial charge in [0, 0.05) is 11.8 Å². The lowest BCUT2D eigenvalue weighted by atomic mass is 9.99. The van der Waals surface area contributed by atoms with E-state index in [0.717, 1.165) is 25.4 Å². The van der Waals surface area contributed by atoms with Gasteiger partial charge in [0.1, 0.15) is 6.26 Å². The molecule has 1 fully saturated rings. The summed E-state index contributed by atoms with van der Waals surface area (Å²) in [5, 5.41) is 3.49. The van der Waals surface area contributed by atoms with E-state index < -0.39 is 25.6 Å². The van der Waals surface area contributed by atoms with E-state index in [1.165, 1.54) is 25.3 Å². The average molecular weight is 398 g/mol. The van der Waals surface area contributed by atoms with E-state index in [0.29, 0.717) is 5.56 Å². The van der Waals surface area contributed by atoms with Crippen molar-refractivity contribution < 1.29 is 26.2 Å². The molecule has 1 heterocycles. The second kappa shape index (κ2) is 6.51. The number of sulfone groups is 1. The van der Waals surface area contributed by atoms with E-state index in [2.05, 4.69) is 14.4 Å². The molecule has 0 saturated heterocycles. The molecule has 0 radical (unpaired) electrons. The van der Waals surface area contributed by atoms with Crippen molar-refractivity contribution in [3.05, 3.63) is 41.3 Å². The lowest BCUT2D eigenvalue weighted by Crippen LogP contribution is -2.18. The number of carbonyl (C=O) groups is 1.